The first-order valence-electron chi connectivity index (χ1n) is 15.3. The second-order valence-corrected chi connectivity index (χ2v) is 13.5. The van der Waals surface area contributed by atoms with E-state index in [1.807, 2.05) is 37.3 Å². The number of aromatic nitrogens is 1. The van der Waals surface area contributed by atoms with E-state index in [-0.39, 0.29) is 26.9 Å². The average molecular weight is 687 g/mol. The Morgan fingerprint density at radius 1 is 0.917 bits per heavy atom. The molecule has 0 fully saturated rings. The number of azo groups is 1. The summed E-state index contributed by atoms with van der Waals surface area (Å²) in [5.41, 5.74) is 3.99. The molecule has 246 valence electrons. The van der Waals surface area contributed by atoms with Gasteiger partial charge in [-0.1, -0.05) is 70.4 Å². The van der Waals surface area contributed by atoms with Gasteiger partial charge < -0.3 is 9.88 Å². The number of nitrogens with zero attached hydrogens (tertiary/aromatic N) is 4. The maximum Gasteiger partial charge on any atom is 0.371 e. The Balaban J connectivity index is 1.42. The number of nitrogens with one attached hydrogen (secondary N) is 2. The fourth-order valence-electron chi connectivity index (χ4n) is 6.21. The number of urea groups is 2. The lowest BCUT2D eigenvalue weighted by molar-refractivity contribution is -0.118. The highest BCUT2D eigenvalue weighted by molar-refractivity contribution is 7.92. The van der Waals surface area contributed by atoms with Crippen LogP contribution in [0.15, 0.2) is 87.9 Å². The highest BCUT2D eigenvalue weighted by atomic mass is 35.5. The lowest BCUT2D eigenvalue weighted by Gasteiger charge is -2.24. The molecule has 0 saturated heterocycles. The Bertz CT molecular complexity index is 2090. The van der Waals surface area contributed by atoms with Crippen LogP contribution in [0.25, 0.3) is 11.3 Å². The third-order valence-electron chi connectivity index (χ3n) is 8.47. The topological polar surface area (TPSA) is 159 Å². The van der Waals surface area contributed by atoms with E-state index >= 15 is 0 Å². The van der Waals surface area contributed by atoms with E-state index < -0.39 is 39.8 Å². The Morgan fingerprint density at radius 2 is 1.58 bits per heavy atom. The number of Topliss-reactive ketones (excluding diaryl/α,β-unsaturated/α-hetero) is 1. The molecule has 0 radical (unpaired) electrons. The highest BCUT2D eigenvalue weighted by Crippen LogP contribution is 2.38. The van der Waals surface area contributed by atoms with Crippen LogP contribution in [0.4, 0.5) is 21.0 Å². The molecule has 2 aliphatic rings. The molecule has 12 nitrogen and oxygen atoms in total. The normalized spacial score (nSPS) is 14.9. The van der Waals surface area contributed by atoms with E-state index in [1.165, 1.54) is 30.3 Å². The van der Waals surface area contributed by atoms with Crippen LogP contribution >= 0.6 is 11.6 Å². The second-order valence-electron chi connectivity index (χ2n) is 11.4. The molecule has 1 atom stereocenters. The van der Waals surface area contributed by atoms with Gasteiger partial charge in [0.05, 0.1) is 21.3 Å². The summed E-state index contributed by atoms with van der Waals surface area (Å²) >= 11 is 6.16. The molecule has 48 heavy (non-hydrogen) atoms. The van der Waals surface area contributed by atoms with E-state index in [1.54, 1.807) is 19.1 Å². The van der Waals surface area contributed by atoms with Gasteiger partial charge in [0, 0.05) is 23.5 Å². The Morgan fingerprint density at radius 3 is 2.27 bits per heavy atom. The molecule has 1 aromatic heterocycles. The van der Waals surface area contributed by atoms with Gasteiger partial charge in [-0.2, -0.15) is 0 Å². The molecule has 1 unspecified atom stereocenters. The van der Waals surface area contributed by atoms with Gasteiger partial charge in [0.2, 0.25) is 0 Å². The number of fused-ring (bicyclic) bond motifs is 1. The van der Waals surface area contributed by atoms with Crippen molar-refractivity contribution in [1.82, 2.24) is 9.47 Å². The van der Waals surface area contributed by atoms with Crippen molar-refractivity contribution in [3.63, 3.8) is 0 Å². The van der Waals surface area contributed by atoms with E-state index in [2.05, 4.69) is 24.8 Å². The van der Waals surface area contributed by atoms with Crippen molar-refractivity contribution in [1.29, 1.82) is 0 Å². The summed E-state index contributed by atoms with van der Waals surface area (Å²) in [7, 11) is -4.17. The summed E-state index contributed by atoms with van der Waals surface area (Å²) < 4.78 is 31.1. The molecule has 0 spiro atoms. The van der Waals surface area contributed by atoms with Gasteiger partial charge in [0.15, 0.2) is 11.8 Å². The first-order chi connectivity index (χ1) is 23.0. The first-order valence-corrected chi connectivity index (χ1v) is 17.2. The number of benzene rings is 3. The molecule has 0 saturated carbocycles. The number of anilines is 2. The average Bonchev–Trinajstić information content (AvgIpc) is 3.59. The molecule has 2 N–H and O–H groups in total. The van der Waals surface area contributed by atoms with Crippen molar-refractivity contribution in [3.05, 3.63) is 100 Å². The molecule has 5 amide bonds. The van der Waals surface area contributed by atoms with Crippen LogP contribution in [0.3, 0.4) is 0 Å². The van der Waals surface area contributed by atoms with Crippen LogP contribution in [-0.2, 0) is 34.2 Å². The van der Waals surface area contributed by atoms with Gasteiger partial charge in [0.1, 0.15) is 0 Å². The van der Waals surface area contributed by atoms with Crippen LogP contribution in [-0.4, -0.2) is 47.7 Å². The Hall–Kier alpha value is -5.14. The van der Waals surface area contributed by atoms with Crippen molar-refractivity contribution in [2.75, 3.05) is 10.0 Å². The number of rotatable bonds is 10. The molecular weight excluding hydrogens is 656 g/mol. The molecule has 6 rings (SSSR count). The zero-order chi connectivity index (χ0) is 34.2. The number of para-hydroxylation sites is 1. The third kappa shape index (κ3) is 6.02. The smallest absolute Gasteiger partial charge is 0.344 e. The molecule has 1 aliphatic carbocycles. The monoisotopic (exact) mass is 686 g/mol. The van der Waals surface area contributed by atoms with Crippen molar-refractivity contribution in [3.8, 4) is 11.3 Å². The molecule has 1 aliphatic heterocycles. The fraction of sp³-hybridized carbons (Fsp3) is 0.235. The zero-order valence-electron chi connectivity index (χ0n) is 26.1. The number of aryl methyl sites for hydroxylation is 1. The van der Waals surface area contributed by atoms with Gasteiger partial charge in [-0.3, -0.25) is 14.3 Å². The summed E-state index contributed by atoms with van der Waals surface area (Å²) in [6, 6.07) is 15.3. The Kier molecular flexibility index (Phi) is 8.99. The van der Waals surface area contributed by atoms with Gasteiger partial charge in [-0.15, -0.1) is 0 Å². The van der Waals surface area contributed by atoms with Gasteiger partial charge in [-0.05, 0) is 80.5 Å². The first kappa shape index (κ1) is 32.8. The maximum absolute atomic E-state index is 14.8. The van der Waals surface area contributed by atoms with Crippen molar-refractivity contribution in [2.45, 2.75) is 57.0 Å². The van der Waals surface area contributed by atoms with E-state index in [0.29, 0.717) is 29.1 Å². The highest BCUT2D eigenvalue weighted by Gasteiger charge is 2.46. The minimum atomic E-state index is -4.17. The van der Waals surface area contributed by atoms with Crippen LogP contribution in [0.1, 0.15) is 46.9 Å². The summed E-state index contributed by atoms with van der Waals surface area (Å²) in [5.74, 6) is -1.80. The number of carbonyl (C=O) groups is 4. The van der Waals surface area contributed by atoms with Crippen molar-refractivity contribution in [2.24, 2.45) is 10.2 Å². The quantitative estimate of drug-likeness (QED) is 0.135. The number of hydrogen-bond acceptors (Lipinski definition) is 6. The lowest BCUT2D eigenvalue weighted by Crippen LogP contribution is -2.51. The molecule has 0 bridgehead atoms. The summed E-state index contributed by atoms with van der Waals surface area (Å²) in [6.45, 7) is 4.15. The fourth-order valence-corrected chi connectivity index (χ4v) is 7.55. The van der Waals surface area contributed by atoms with E-state index in [0.717, 1.165) is 36.1 Å². The van der Waals surface area contributed by atoms with Gasteiger partial charge >= 0.3 is 12.1 Å². The number of imide groups is 1. The molecule has 14 heteroatoms. The largest absolute Gasteiger partial charge is 0.371 e. The van der Waals surface area contributed by atoms with Crippen LogP contribution < -0.4 is 10.0 Å². The number of ketones is 1. The molecular formula is C34H31ClN6O6S. The predicted octanol–water partition coefficient (Wildman–Crippen LogP) is 7.01. The number of sulfonamides is 1. The summed E-state index contributed by atoms with van der Waals surface area (Å²) in [4.78, 5) is 55.0. The van der Waals surface area contributed by atoms with Crippen LogP contribution in [0, 0.1) is 6.92 Å². The minimum Gasteiger partial charge on any atom is -0.344 e. The number of hydrogen-bond donors (Lipinski definition) is 2. The zero-order valence-corrected chi connectivity index (χ0v) is 27.6. The van der Waals surface area contributed by atoms with E-state index in [4.69, 9.17) is 11.6 Å². The van der Waals surface area contributed by atoms with Crippen molar-refractivity contribution < 1.29 is 27.6 Å². The Labute approximate surface area is 281 Å². The van der Waals surface area contributed by atoms with E-state index in [9.17, 15) is 27.6 Å². The van der Waals surface area contributed by atoms with Gasteiger partial charge in [-0.25, -0.2) is 22.9 Å². The molecule has 2 heterocycles. The number of halogens is 1. The van der Waals surface area contributed by atoms with Crippen molar-refractivity contribution >= 4 is 56.8 Å². The summed E-state index contributed by atoms with van der Waals surface area (Å²) in [5, 5.41) is 9.42. The maximum atomic E-state index is 14.8. The van der Waals surface area contributed by atoms with Crippen LogP contribution in [0.5, 0.6) is 0 Å². The summed E-state index contributed by atoms with van der Waals surface area (Å²) in [6.07, 6.45) is 3.04. The van der Waals surface area contributed by atoms with Crippen LogP contribution in [0.2, 0.25) is 5.02 Å². The second kappa shape index (κ2) is 13.2. The number of carbonyl (C=O) groups excluding carboxylic acids is 4. The lowest BCUT2D eigenvalue weighted by atomic mass is 9.89. The predicted molar refractivity (Wildman–Crippen MR) is 180 cm³/mol. The van der Waals surface area contributed by atoms with Gasteiger partial charge in [0.25, 0.3) is 15.9 Å². The SMILES string of the molecule is CCn1c2c(c(C(=O)C(C(=O)Nc3cc(S(=O)(=O)Nc4ccccc4Cl)ccc3C)N3C(=O)N=NC3=O)c1-c1ccccc1)CCCC2. The third-order valence-corrected chi connectivity index (χ3v) is 10.2. The molecule has 4 aromatic rings. The minimum absolute atomic E-state index is 0.0456. The molecule has 3 aromatic carbocycles. The standard InChI is InChI=1S/C34H31ClN6O6S/c1-3-40-27-16-10-7-13-23(27)28(29(40)21-11-5-4-6-12-21)31(42)30(41-33(44)37-38-34(41)45)32(43)36-26-19-22(18-17-20(26)2)48(46,47)39-25-15-9-8-14-24(25)35/h4-6,8-9,11-12,14-15,17-19,30,39H,3,7,10,13,16H2,1-2H3,(H,36,43). The number of amides is 5.